The molecule has 8 nitrogen and oxygen atoms in total. The van der Waals surface area contributed by atoms with Crippen LogP contribution < -0.4 is 16.0 Å². The predicted octanol–water partition coefficient (Wildman–Crippen LogP) is 0.813. The van der Waals surface area contributed by atoms with Crippen LogP contribution in [0.5, 0.6) is 0 Å². The fraction of sp³-hybridized carbons (Fsp3) is 0.364. The highest BCUT2D eigenvalue weighted by atomic mass is 16.2. The number of fused-ring (bicyclic) bond motifs is 1. The number of likely N-dealkylation sites (tertiary alicyclic amines) is 1. The largest absolute Gasteiger partial charge is 0.357 e. The van der Waals surface area contributed by atoms with Gasteiger partial charge in [-0.1, -0.05) is 30.3 Å². The zero-order valence-electron chi connectivity index (χ0n) is 16.9. The molecule has 0 aliphatic carbocycles. The van der Waals surface area contributed by atoms with Crippen LogP contribution in [-0.2, 0) is 14.4 Å². The first-order chi connectivity index (χ1) is 14.5. The van der Waals surface area contributed by atoms with Gasteiger partial charge in [0.1, 0.15) is 6.04 Å². The molecule has 8 heteroatoms. The van der Waals surface area contributed by atoms with Crippen molar-refractivity contribution in [3.8, 4) is 0 Å². The maximum atomic E-state index is 12.3. The molecule has 0 saturated carbocycles. The number of nitrogens with one attached hydrogen (secondary N) is 3. The number of likely N-dealkylation sites (N-methyl/N-ethyl adjacent to an activating group) is 1. The average Bonchev–Trinajstić information content (AvgIpc) is 3.26. The third-order valence-corrected chi connectivity index (χ3v) is 5.21. The van der Waals surface area contributed by atoms with Crippen molar-refractivity contribution in [3.63, 3.8) is 0 Å². The predicted molar refractivity (Wildman–Crippen MR) is 113 cm³/mol. The maximum Gasteiger partial charge on any atom is 0.251 e. The lowest BCUT2D eigenvalue weighted by atomic mass is 10.1. The molecule has 4 amide bonds. The van der Waals surface area contributed by atoms with E-state index in [-0.39, 0.29) is 43.1 Å². The summed E-state index contributed by atoms with van der Waals surface area (Å²) in [5.74, 6) is -1.06. The van der Waals surface area contributed by atoms with Gasteiger partial charge in [0, 0.05) is 32.1 Å². The van der Waals surface area contributed by atoms with Crippen LogP contribution in [0, 0.1) is 0 Å². The van der Waals surface area contributed by atoms with Crippen LogP contribution in [0.25, 0.3) is 10.8 Å². The Balaban J connectivity index is 1.41. The van der Waals surface area contributed by atoms with Gasteiger partial charge in [0.25, 0.3) is 5.91 Å². The summed E-state index contributed by atoms with van der Waals surface area (Å²) in [7, 11) is 1.54. The topological polar surface area (TPSA) is 108 Å². The van der Waals surface area contributed by atoms with E-state index in [9.17, 15) is 19.2 Å². The number of benzene rings is 2. The van der Waals surface area contributed by atoms with E-state index in [1.54, 1.807) is 6.07 Å². The molecule has 3 N–H and O–H groups in total. The van der Waals surface area contributed by atoms with Crippen molar-refractivity contribution >= 4 is 34.4 Å². The van der Waals surface area contributed by atoms with Gasteiger partial charge < -0.3 is 20.9 Å². The van der Waals surface area contributed by atoms with Gasteiger partial charge in [-0.2, -0.15) is 0 Å². The number of amides is 4. The highest BCUT2D eigenvalue weighted by Crippen LogP contribution is 2.17. The van der Waals surface area contributed by atoms with Crippen LogP contribution in [-0.4, -0.2) is 61.3 Å². The third kappa shape index (κ3) is 5.14. The zero-order chi connectivity index (χ0) is 21.5. The molecule has 3 rings (SSSR count). The van der Waals surface area contributed by atoms with Gasteiger partial charge >= 0.3 is 0 Å². The molecule has 1 heterocycles. The third-order valence-electron chi connectivity index (χ3n) is 5.21. The molecule has 1 fully saturated rings. The maximum absolute atomic E-state index is 12.3. The Hall–Kier alpha value is -3.42. The Labute approximate surface area is 175 Å². The summed E-state index contributed by atoms with van der Waals surface area (Å²) in [6.45, 7) is 0.510. The first-order valence-electron chi connectivity index (χ1n) is 10.0. The highest BCUT2D eigenvalue weighted by Gasteiger charge is 2.33. The van der Waals surface area contributed by atoms with Crippen LogP contribution in [0.15, 0.2) is 42.5 Å². The SMILES string of the molecule is CNC(=O)C1CCCN1C(=O)CNC(=O)CCNC(=O)c1ccc2ccccc2c1. The highest BCUT2D eigenvalue weighted by molar-refractivity contribution is 5.98. The number of hydrogen-bond acceptors (Lipinski definition) is 4. The smallest absolute Gasteiger partial charge is 0.251 e. The second-order valence-corrected chi connectivity index (χ2v) is 7.20. The normalized spacial score (nSPS) is 15.6. The Kier molecular flexibility index (Phi) is 7.00. The van der Waals surface area contributed by atoms with E-state index in [1.807, 2.05) is 36.4 Å². The summed E-state index contributed by atoms with van der Waals surface area (Å²) < 4.78 is 0. The second kappa shape index (κ2) is 9.87. The van der Waals surface area contributed by atoms with E-state index < -0.39 is 6.04 Å². The summed E-state index contributed by atoms with van der Waals surface area (Å²) >= 11 is 0. The van der Waals surface area contributed by atoms with E-state index in [0.717, 1.165) is 17.2 Å². The molecule has 0 spiro atoms. The Morgan fingerprint density at radius 3 is 2.57 bits per heavy atom. The molecule has 1 aliphatic heterocycles. The van der Waals surface area contributed by atoms with Gasteiger partial charge in [-0.25, -0.2) is 0 Å². The van der Waals surface area contributed by atoms with Crippen molar-refractivity contribution in [3.05, 3.63) is 48.0 Å². The quantitative estimate of drug-likeness (QED) is 0.628. The van der Waals surface area contributed by atoms with Crippen molar-refractivity contribution in [2.75, 3.05) is 26.7 Å². The fourth-order valence-electron chi connectivity index (χ4n) is 3.59. The number of carbonyl (C=O) groups is 4. The van der Waals surface area contributed by atoms with Gasteiger partial charge in [0.2, 0.25) is 17.7 Å². The second-order valence-electron chi connectivity index (χ2n) is 7.20. The molecule has 1 saturated heterocycles. The summed E-state index contributed by atoms with van der Waals surface area (Å²) in [6, 6.07) is 12.7. The Morgan fingerprint density at radius 1 is 1.03 bits per heavy atom. The standard InChI is InChI=1S/C22H26N4O4/c1-23-22(30)18-7-4-12-26(18)20(28)14-25-19(27)10-11-24-21(29)17-9-8-15-5-2-3-6-16(15)13-17/h2-3,5-6,8-9,13,18H,4,7,10-12,14H2,1H3,(H,23,30)(H,24,29)(H,25,27). The van der Waals surface area contributed by atoms with Crippen molar-refractivity contribution in [2.24, 2.45) is 0 Å². The van der Waals surface area contributed by atoms with Crippen molar-refractivity contribution in [2.45, 2.75) is 25.3 Å². The number of nitrogens with zero attached hydrogens (tertiary/aromatic N) is 1. The van der Waals surface area contributed by atoms with Gasteiger partial charge in [-0.3, -0.25) is 19.2 Å². The van der Waals surface area contributed by atoms with E-state index in [1.165, 1.54) is 11.9 Å². The van der Waals surface area contributed by atoms with E-state index in [2.05, 4.69) is 16.0 Å². The van der Waals surface area contributed by atoms with Crippen LogP contribution in [0.1, 0.15) is 29.6 Å². The van der Waals surface area contributed by atoms with Crippen molar-refractivity contribution in [1.29, 1.82) is 0 Å². The van der Waals surface area contributed by atoms with E-state index in [4.69, 9.17) is 0 Å². The van der Waals surface area contributed by atoms with Crippen molar-refractivity contribution in [1.82, 2.24) is 20.9 Å². The minimum Gasteiger partial charge on any atom is -0.357 e. The minimum atomic E-state index is -0.472. The van der Waals surface area contributed by atoms with Crippen LogP contribution in [0.2, 0.25) is 0 Å². The molecular weight excluding hydrogens is 384 g/mol. The van der Waals surface area contributed by atoms with Crippen LogP contribution in [0.4, 0.5) is 0 Å². The molecule has 30 heavy (non-hydrogen) atoms. The Morgan fingerprint density at radius 2 is 1.80 bits per heavy atom. The molecule has 1 unspecified atom stereocenters. The molecule has 2 aromatic carbocycles. The monoisotopic (exact) mass is 410 g/mol. The molecule has 1 aliphatic rings. The lowest BCUT2D eigenvalue weighted by Gasteiger charge is -2.23. The number of rotatable bonds is 7. The van der Waals surface area contributed by atoms with Gasteiger partial charge in [0.15, 0.2) is 0 Å². The van der Waals surface area contributed by atoms with E-state index >= 15 is 0 Å². The van der Waals surface area contributed by atoms with Crippen molar-refractivity contribution < 1.29 is 19.2 Å². The Bertz CT molecular complexity index is 959. The van der Waals surface area contributed by atoms with Crippen LogP contribution in [0.3, 0.4) is 0 Å². The number of carbonyl (C=O) groups excluding carboxylic acids is 4. The average molecular weight is 410 g/mol. The van der Waals surface area contributed by atoms with Crippen LogP contribution >= 0.6 is 0 Å². The molecule has 158 valence electrons. The van der Waals surface area contributed by atoms with Gasteiger partial charge in [0.05, 0.1) is 6.54 Å². The zero-order valence-corrected chi connectivity index (χ0v) is 16.9. The summed E-state index contributed by atoms with van der Waals surface area (Å²) in [5.41, 5.74) is 0.526. The lowest BCUT2D eigenvalue weighted by molar-refractivity contribution is -0.138. The summed E-state index contributed by atoms with van der Waals surface area (Å²) in [6.07, 6.45) is 1.45. The molecule has 0 radical (unpaired) electrons. The molecule has 0 bridgehead atoms. The van der Waals surface area contributed by atoms with E-state index in [0.29, 0.717) is 18.5 Å². The molecular formula is C22H26N4O4. The fourth-order valence-corrected chi connectivity index (χ4v) is 3.59. The molecule has 1 atom stereocenters. The number of hydrogen-bond donors (Lipinski definition) is 3. The summed E-state index contributed by atoms with van der Waals surface area (Å²) in [4.78, 5) is 50.0. The van der Waals surface area contributed by atoms with Gasteiger partial charge in [-0.15, -0.1) is 0 Å². The molecule has 0 aromatic heterocycles. The first kappa shape index (κ1) is 21.3. The minimum absolute atomic E-state index is 0.0610. The summed E-state index contributed by atoms with van der Waals surface area (Å²) in [5, 5.41) is 9.86. The first-order valence-corrected chi connectivity index (χ1v) is 10.0. The van der Waals surface area contributed by atoms with Gasteiger partial charge in [-0.05, 0) is 35.7 Å². The molecule has 2 aromatic rings. The lowest BCUT2D eigenvalue weighted by Crippen LogP contribution is -2.48.